The Bertz CT molecular complexity index is 366. The van der Waals surface area contributed by atoms with E-state index in [4.69, 9.17) is 14.8 Å². The molecule has 16 heavy (non-hydrogen) atoms. The summed E-state index contributed by atoms with van der Waals surface area (Å²) < 4.78 is 18.3. The van der Waals surface area contributed by atoms with Crippen LogP contribution in [0.5, 0.6) is 5.75 Å². The van der Waals surface area contributed by atoms with Gasteiger partial charge in [-0.05, 0) is 30.5 Å². The zero-order chi connectivity index (χ0) is 11.5. The molecule has 0 unspecified atom stereocenters. The van der Waals surface area contributed by atoms with E-state index in [1.54, 1.807) is 0 Å². The molecular formula is C11H14BFO3. The molecule has 0 aliphatic heterocycles. The van der Waals surface area contributed by atoms with E-state index in [0.717, 1.165) is 18.4 Å². The van der Waals surface area contributed by atoms with Crippen molar-refractivity contribution < 1.29 is 19.2 Å². The standard InChI is InChI=1S/C11H14BFO3/c13-9-3-4-11(10(7-9)12(14)15)16-6-5-8-1-2-8/h3-4,7-8,14-15H,1-2,5-6H2. The van der Waals surface area contributed by atoms with E-state index < -0.39 is 12.9 Å². The molecule has 1 fully saturated rings. The summed E-state index contributed by atoms with van der Waals surface area (Å²) >= 11 is 0. The van der Waals surface area contributed by atoms with Crippen LogP contribution in [0.1, 0.15) is 19.3 Å². The van der Waals surface area contributed by atoms with Gasteiger partial charge in [-0.15, -0.1) is 0 Å². The molecule has 2 N–H and O–H groups in total. The lowest BCUT2D eigenvalue weighted by molar-refractivity contribution is 0.302. The summed E-state index contributed by atoms with van der Waals surface area (Å²) in [6.45, 7) is 0.538. The average molecular weight is 224 g/mol. The molecule has 0 saturated heterocycles. The second kappa shape index (κ2) is 4.85. The van der Waals surface area contributed by atoms with E-state index in [1.165, 1.54) is 25.0 Å². The van der Waals surface area contributed by atoms with Crippen molar-refractivity contribution in [3.05, 3.63) is 24.0 Å². The Balaban J connectivity index is 1.99. The lowest BCUT2D eigenvalue weighted by Crippen LogP contribution is -2.32. The number of halogens is 1. The van der Waals surface area contributed by atoms with E-state index >= 15 is 0 Å². The fourth-order valence-corrected chi connectivity index (χ4v) is 1.59. The lowest BCUT2D eigenvalue weighted by atomic mass is 9.79. The number of hydrogen-bond donors (Lipinski definition) is 2. The van der Waals surface area contributed by atoms with Crippen LogP contribution in [-0.2, 0) is 0 Å². The molecule has 0 atom stereocenters. The maximum atomic E-state index is 12.9. The van der Waals surface area contributed by atoms with Gasteiger partial charge in [-0.1, -0.05) is 12.8 Å². The first kappa shape index (κ1) is 11.4. The molecule has 3 nitrogen and oxygen atoms in total. The Hall–Kier alpha value is -1.07. The first-order chi connectivity index (χ1) is 7.66. The third-order valence-corrected chi connectivity index (χ3v) is 2.73. The maximum absolute atomic E-state index is 12.9. The van der Waals surface area contributed by atoms with Crippen molar-refractivity contribution in [3.8, 4) is 5.75 Å². The molecule has 86 valence electrons. The second-order valence-corrected chi connectivity index (χ2v) is 4.14. The predicted molar refractivity (Wildman–Crippen MR) is 59.1 cm³/mol. The van der Waals surface area contributed by atoms with Crippen LogP contribution in [0.4, 0.5) is 4.39 Å². The van der Waals surface area contributed by atoms with Gasteiger partial charge in [0.15, 0.2) is 0 Å². The minimum Gasteiger partial charge on any atom is -0.494 e. The lowest BCUT2D eigenvalue weighted by Gasteiger charge is -2.10. The van der Waals surface area contributed by atoms with E-state index in [-0.39, 0.29) is 5.46 Å². The van der Waals surface area contributed by atoms with Gasteiger partial charge in [0.2, 0.25) is 0 Å². The Morgan fingerprint density at radius 3 is 2.75 bits per heavy atom. The van der Waals surface area contributed by atoms with Crippen LogP contribution < -0.4 is 10.2 Å². The SMILES string of the molecule is OB(O)c1cc(F)ccc1OCCC1CC1. The number of hydrogen-bond acceptors (Lipinski definition) is 3. The van der Waals surface area contributed by atoms with Crippen LogP contribution in [0.3, 0.4) is 0 Å². The molecule has 0 radical (unpaired) electrons. The third-order valence-electron chi connectivity index (χ3n) is 2.73. The Kier molecular flexibility index (Phi) is 3.46. The Labute approximate surface area is 94.0 Å². The van der Waals surface area contributed by atoms with Crippen LogP contribution >= 0.6 is 0 Å². The van der Waals surface area contributed by atoms with Crippen LogP contribution in [-0.4, -0.2) is 23.8 Å². The highest BCUT2D eigenvalue weighted by molar-refractivity contribution is 6.59. The van der Waals surface area contributed by atoms with E-state index in [9.17, 15) is 4.39 Å². The number of rotatable bonds is 5. The topological polar surface area (TPSA) is 49.7 Å². The molecule has 2 rings (SSSR count). The minimum atomic E-state index is -1.70. The largest absolute Gasteiger partial charge is 0.494 e. The smallest absolute Gasteiger partial charge is 0.492 e. The molecule has 0 spiro atoms. The fraction of sp³-hybridized carbons (Fsp3) is 0.455. The quantitative estimate of drug-likeness (QED) is 0.723. The van der Waals surface area contributed by atoms with Gasteiger partial charge in [-0.3, -0.25) is 0 Å². The summed E-state index contributed by atoms with van der Waals surface area (Å²) in [6, 6.07) is 3.76. The third kappa shape index (κ3) is 2.96. The molecular weight excluding hydrogens is 210 g/mol. The normalized spacial score (nSPS) is 14.9. The summed E-state index contributed by atoms with van der Waals surface area (Å²) in [6.07, 6.45) is 3.48. The van der Waals surface area contributed by atoms with Crippen molar-refractivity contribution in [2.24, 2.45) is 5.92 Å². The van der Waals surface area contributed by atoms with Gasteiger partial charge >= 0.3 is 7.12 Å². The highest BCUT2D eigenvalue weighted by Gasteiger charge is 2.22. The summed E-state index contributed by atoms with van der Waals surface area (Å²) in [5.41, 5.74) is 0.0794. The molecule has 5 heteroatoms. The molecule has 1 aromatic carbocycles. The van der Waals surface area contributed by atoms with Gasteiger partial charge < -0.3 is 14.8 Å². The van der Waals surface area contributed by atoms with Crippen molar-refractivity contribution in [1.82, 2.24) is 0 Å². The Morgan fingerprint density at radius 1 is 1.38 bits per heavy atom. The van der Waals surface area contributed by atoms with Crippen molar-refractivity contribution >= 4 is 12.6 Å². The highest BCUT2D eigenvalue weighted by atomic mass is 19.1. The highest BCUT2D eigenvalue weighted by Crippen LogP contribution is 2.32. The van der Waals surface area contributed by atoms with Gasteiger partial charge in [0, 0.05) is 5.46 Å². The molecule has 0 bridgehead atoms. The fourth-order valence-electron chi connectivity index (χ4n) is 1.59. The first-order valence-electron chi connectivity index (χ1n) is 5.45. The van der Waals surface area contributed by atoms with Crippen molar-refractivity contribution in [1.29, 1.82) is 0 Å². The summed E-state index contributed by atoms with van der Waals surface area (Å²) in [4.78, 5) is 0. The maximum Gasteiger partial charge on any atom is 0.492 e. The Morgan fingerprint density at radius 2 is 2.12 bits per heavy atom. The zero-order valence-electron chi connectivity index (χ0n) is 8.90. The van der Waals surface area contributed by atoms with Gasteiger partial charge in [-0.2, -0.15) is 0 Å². The molecule has 0 heterocycles. The minimum absolute atomic E-state index is 0.0794. The first-order valence-corrected chi connectivity index (χ1v) is 5.45. The molecule has 1 aromatic rings. The van der Waals surface area contributed by atoms with Crippen molar-refractivity contribution in [2.75, 3.05) is 6.61 Å². The van der Waals surface area contributed by atoms with Gasteiger partial charge in [0.05, 0.1) is 6.61 Å². The van der Waals surface area contributed by atoms with Gasteiger partial charge in [0.1, 0.15) is 11.6 Å². The van der Waals surface area contributed by atoms with Crippen molar-refractivity contribution in [2.45, 2.75) is 19.3 Å². The van der Waals surface area contributed by atoms with E-state index in [0.29, 0.717) is 12.4 Å². The molecule has 0 amide bonds. The molecule has 1 saturated carbocycles. The monoisotopic (exact) mass is 224 g/mol. The van der Waals surface area contributed by atoms with Gasteiger partial charge in [-0.25, -0.2) is 4.39 Å². The summed E-state index contributed by atoms with van der Waals surface area (Å²) in [5, 5.41) is 18.1. The van der Waals surface area contributed by atoms with E-state index in [2.05, 4.69) is 0 Å². The average Bonchev–Trinajstić information content (AvgIpc) is 3.04. The number of ether oxygens (including phenoxy) is 1. The van der Waals surface area contributed by atoms with Crippen LogP contribution in [0, 0.1) is 11.7 Å². The van der Waals surface area contributed by atoms with Crippen LogP contribution in [0.2, 0.25) is 0 Å². The second-order valence-electron chi connectivity index (χ2n) is 4.14. The van der Waals surface area contributed by atoms with E-state index in [1.807, 2.05) is 0 Å². The number of benzene rings is 1. The molecule has 1 aliphatic rings. The summed E-state index contributed by atoms with van der Waals surface area (Å²) in [5.74, 6) is 0.595. The zero-order valence-corrected chi connectivity index (χ0v) is 8.90. The van der Waals surface area contributed by atoms with Crippen LogP contribution in [0.25, 0.3) is 0 Å². The predicted octanol–water partition coefficient (Wildman–Crippen LogP) is 0.684. The van der Waals surface area contributed by atoms with Crippen LogP contribution in [0.15, 0.2) is 18.2 Å². The van der Waals surface area contributed by atoms with Crippen molar-refractivity contribution in [3.63, 3.8) is 0 Å². The molecule has 0 aromatic heterocycles. The van der Waals surface area contributed by atoms with Gasteiger partial charge in [0.25, 0.3) is 0 Å². The molecule has 1 aliphatic carbocycles. The summed E-state index contributed by atoms with van der Waals surface area (Å²) in [7, 11) is -1.70.